The van der Waals surface area contributed by atoms with Crippen molar-refractivity contribution in [2.24, 2.45) is 5.14 Å². The standard InChI is InChI=1S/C12H20N2O5S/c1-9-11(20(13,16)17)8-10(19-9)12(15)14-6-4-3-5-7-18-2/h8H,3-7H2,1-2H3,(H,14,15)(H2,13,16,17). The number of ether oxygens (including phenoxy) is 1. The molecule has 3 N–H and O–H groups in total. The Balaban J connectivity index is 2.49. The van der Waals surface area contributed by atoms with Crippen molar-refractivity contribution in [3.8, 4) is 0 Å². The molecule has 20 heavy (non-hydrogen) atoms. The van der Waals surface area contributed by atoms with E-state index < -0.39 is 15.9 Å². The number of methoxy groups -OCH3 is 1. The Morgan fingerprint density at radius 1 is 1.40 bits per heavy atom. The molecule has 7 nitrogen and oxygen atoms in total. The Bertz CT molecular complexity index is 550. The van der Waals surface area contributed by atoms with Crippen molar-refractivity contribution < 1.29 is 22.4 Å². The lowest BCUT2D eigenvalue weighted by atomic mass is 10.2. The minimum absolute atomic E-state index is 0.0524. The molecule has 1 rings (SSSR count). The Morgan fingerprint density at radius 2 is 2.10 bits per heavy atom. The molecule has 0 bridgehead atoms. The monoisotopic (exact) mass is 304 g/mol. The van der Waals surface area contributed by atoms with Crippen LogP contribution in [0.2, 0.25) is 0 Å². The Kier molecular flexibility index (Phi) is 6.18. The summed E-state index contributed by atoms with van der Waals surface area (Å²) in [5.41, 5.74) is 0. The maximum atomic E-state index is 11.8. The Morgan fingerprint density at radius 3 is 2.65 bits per heavy atom. The van der Waals surface area contributed by atoms with Crippen LogP contribution in [0.3, 0.4) is 0 Å². The van der Waals surface area contributed by atoms with Gasteiger partial charge >= 0.3 is 0 Å². The van der Waals surface area contributed by atoms with Crippen molar-refractivity contribution in [1.82, 2.24) is 5.32 Å². The zero-order valence-electron chi connectivity index (χ0n) is 11.6. The van der Waals surface area contributed by atoms with E-state index in [0.717, 1.165) is 25.3 Å². The zero-order chi connectivity index (χ0) is 15.2. The van der Waals surface area contributed by atoms with Crippen LogP contribution in [0.5, 0.6) is 0 Å². The summed E-state index contributed by atoms with van der Waals surface area (Å²) in [6, 6.07) is 1.14. The van der Waals surface area contributed by atoms with Gasteiger partial charge in [0.15, 0.2) is 5.76 Å². The first kappa shape index (κ1) is 16.7. The molecule has 0 fully saturated rings. The molecule has 1 amide bonds. The van der Waals surface area contributed by atoms with E-state index in [4.69, 9.17) is 14.3 Å². The second-order valence-electron chi connectivity index (χ2n) is 4.39. The minimum atomic E-state index is -3.87. The molecule has 0 aromatic carbocycles. The summed E-state index contributed by atoms with van der Waals surface area (Å²) >= 11 is 0. The molecule has 0 saturated heterocycles. The smallest absolute Gasteiger partial charge is 0.287 e. The van der Waals surface area contributed by atoms with Crippen LogP contribution in [0.1, 0.15) is 35.6 Å². The highest BCUT2D eigenvalue weighted by Gasteiger charge is 2.20. The van der Waals surface area contributed by atoms with E-state index in [1.807, 2.05) is 0 Å². The van der Waals surface area contributed by atoms with E-state index in [2.05, 4.69) is 5.32 Å². The van der Waals surface area contributed by atoms with Gasteiger partial charge < -0.3 is 14.5 Å². The summed E-state index contributed by atoms with van der Waals surface area (Å²) in [4.78, 5) is 11.6. The maximum Gasteiger partial charge on any atom is 0.287 e. The van der Waals surface area contributed by atoms with E-state index in [9.17, 15) is 13.2 Å². The number of nitrogens with two attached hydrogens (primary N) is 1. The molecule has 0 spiro atoms. The topological polar surface area (TPSA) is 112 Å². The predicted molar refractivity (Wildman–Crippen MR) is 72.9 cm³/mol. The predicted octanol–water partition coefficient (Wildman–Crippen LogP) is 0.782. The number of nitrogens with one attached hydrogen (secondary N) is 1. The van der Waals surface area contributed by atoms with Gasteiger partial charge in [0, 0.05) is 26.3 Å². The molecule has 114 valence electrons. The van der Waals surface area contributed by atoms with Crippen molar-refractivity contribution in [2.75, 3.05) is 20.3 Å². The molecular weight excluding hydrogens is 284 g/mol. The zero-order valence-corrected chi connectivity index (χ0v) is 12.5. The fourth-order valence-corrected chi connectivity index (χ4v) is 2.41. The number of amides is 1. The van der Waals surface area contributed by atoms with E-state index >= 15 is 0 Å². The minimum Gasteiger partial charge on any atom is -0.455 e. The normalized spacial score (nSPS) is 11.6. The highest BCUT2D eigenvalue weighted by atomic mass is 32.2. The number of hydrogen-bond acceptors (Lipinski definition) is 5. The van der Waals surface area contributed by atoms with Gasteiger partial charge in [-0.15, -0.1) is 0 Å². The fraction of sp³-hybridized carbons (Fsp3) is 0.583. The second kappa shape index (κ2) is 7.41. The van der Waals surface area contributed by atoms with Crippen LogP contribution < -0.4 is 10.5 Å². The molecule has 1 heterocycles. The third-order valence-corrected chi connectivity index (χ3v) is 3.73. The molecule has 0 aliphatic heterocycles. The molecule has 0 aliphatic rings. The van der Waals surface area contributed by atoms with Crippen LogP contribution in [-0.2, 0) is 14.8 Å². The van der Waals surface area contributed by atoms with Gasteiger partial charge in [-0.3, -0.25) is 4.79 Å². The highest BCUT2D eigenvalue weighted by Crippen LogP contribution is 2.18. The first-order valence-electron chi connectivity index (χ1n) is 6.26. The number of furan rings is 1. The quantitative estimate of drug-likeness (QED) is 0.689. The number of rotatable bonds is 8. The Labute approximate surface area is 118 Å². The van der Waals surface area contributed by atoms with Gasteiger partial charge in [0.25, 0.3) is 5.91 Å². The second-order valence-corrected chi connectivity index (χ2v) is 5.92. The maximum absolute atomic E-state index is 11.8. The van der Waals surface area contributed by atoms with Crippen molar-refractivity contribution in [3.63, 3.8) is 0 Å². The lowest BCUT2D eigenvalue weighted by Gasteiger charge is -2.02. The van der Waals surface area contributed by atoms with Gasteiger partial charge in [-0.1, -0.05) is 0 Å². The third-order valence-electron chi connectivity index (χ3n) is 2.71. The van der Waals surface area contributed by atoms with Gasteiger partial charge in [-0.05, 0) is 26.2 Å². The van der Waals surface area contributed by atoms with Crippen LogP contribution in [0.25, 0.3) is 0 Å². The summed E-state index contributed by atoms with van der Waals surface area (Å²) in [7, 11) is -2.23. The van der Waals surface area contributed by atoms with Crippen LogP contribution in [0.4, 0.5) is 0 Å². The first-order chi connectivity index (χ1) is 9.36. The first-order valence-corrected chi connectivity index (χ1v) is 7.81. The summed E-state index contributed by atoms with van der Waals surface area (Å²) in [6.45, 7) is 2.64. The average molecular weight is 304 g/mol. The van der Waals surface area contributed by atoms with Gasteiger partial charge in [-0.2, -0.15) is 0 Å². The number of primary sulfonamides is 1. The molecule has 0 unspecified atom stereocenters. The fourth-order valence-electron chi connectivity index (χ4n) is 1.70. The largest absolute Gasteiger partial charge is 0.455 e. The van der Waals surface area contributed by atoms with Gasteiger partial charge in [0.1, 0.15) is 10.7 Å². The average Bonchev–Trinajstić information content (AvgIpc) is 2.75. The van der Waals surface area contributed by atoms with Crippen molar-refractivity contribution in [1.29, 1.82) is 0 Å². The molecule has 0 aliphatic carbocycles. The number of aryl methyl sites for hydroxylation is 1. The Hall–Kier alpha value is -1.38. The van der Waals surface area contributed by atoms with E-state index in [0.29, 0.717) is 13.2 Å². The molecular formula is C12H20N2O5S. The summed E-state index contributed by atoms with van der Waals surface area (Å²) in [5.74, 6) is -0.393. The van der Waals surface area contributed by atoms with Gasteiger partial charge in [0.05, 0.1) is 0 Å². The number of carbonyl (C=O) groups is 1. The van der Waals surface area contributed by atoms with E-state index in [1.165, 1.54) is 6.92 Å². The molecule has 0 radical (unpaired) electrons. The third kappa shape index (κ3) is 4.95. The van der Waals surface area contributed by atoms with Crippen LogP contribution in [0.15, 0.2) is 15.4 Å². The van der Waals surface area contributed by atoms with E-state index in [-0.39, 0.29) is 16.4 Å². The molecule has 8 heteroatoms. The van der Waals surface area contributed by atoms with Crippen molar-refractivity contribution >= 4 is 15.9 Å². The summed E-state index contributed by atoms with van der Waals surface area (Å²) < 4.78 is 32.5. The van der Waals surface area contributed by atoms with Crippen LogP contribution in [0, 0.1) is 6.92 Å². The lowest BCUT2D eigenvalue weighted by molar-refractivity contribution is 0.0923. The van der Waals surface area contributed by atoms with Gasteiger partial charge in [0.2, 0.25) is 10.0 Å². The molecule has 0 atom stereocenters. The van der Waals surface area contributed by atoms with Crippen molar-refractivity contribution in [3.05, 3.63) is 17.6 Å². The lowest BCUT2D eigenvalue weighted by Crippen LogP contribution is -2.24. The SMILES string of the molecule is COCCCCCNC(=O)c1cc(S(N)(=O)=O)c(C)o1. The number of hydrogen-bond donors (Lipinski definition) is 2. The molecule has 1 aromatic rings. The van der Waals surface area contributed by atoms with Gasteiger partial charge in [-0.25, -0.2) is 13.6 Å². The molecule has 1 aromatic heterocycles. The van der Waals surface area contributed by atoms with E-state index in [1.54, 1.807) is 7.11 Å². The van der Waals surface area contributed by atoms with Crippen LogP contribution in [-0.4, -0.2) is 34.6 Å². The molecule has 0 saturated carbocycles. The number of sulfonamides is 1. The number of unbranched alkanes of at least 4 members (excludes halogenated alkanes) is 2. The summed E-state index contributed by atoms with van der Waals surface area (Å²) in [5, 5.41) is 7.67. The van der Waals surface area contributed by atoms with Crippen molar-refractivity contribution in [2.45, 2.75) is 31.1 Å². The summed E-state index contributed by atoms with van der Waals surface area (Å²) in [6.07, 6.45) is 2.69. The van der Waals surface area contributed by atoms with Crippen LogP contribution >= 0.6 is 0 Å². The highest BCUT2D eigenvalue weighted by molar-refractivity contribution is 7.89. The number of carbonyl (C=O) groups excluding carboxylic acids is 1.